The van der Waals surface area contributed by atoms with Crippen molar-refractivity contribution in [1.29, 1.82) is 0 Å². The Hall–Kier alpha value is -2.58. The maximum Gasteiger partial charge on any atom is 0.254 e. The number of carbonyl (C=O) groups excluding carboxylic acids is 1. The maximum absolute atomic E-state index is 12.8. The number of carbonyl (C=O) groups is 1. The van der Waals surface area contributed by atoms with Crippen molar-refractivity contribution in [2.24, 2.45) is 0 Å². The molecule has 1 aliphatic rings. The Morgan fingerprint density at radius 3 is 2.07 bits per heavy atom. The molecule has 0 bridgehead atoms. The second kappa shape index (κ2) is 8.20. The first-order valence-electron chi connectivity index (χ1n) is 8.95. The summed E-state index contributed by atoms with van der Waals surface area (Å²) in [7, 11) is -0.504. The predicted molar refractivity (Wildman–Crippen MR) is 105 cm³/mol. The molecule has 1 saturated heterocycles. The van der Waals surface area contributed by atoms with Crippen molar-refractivity contribution in [3.05, 3.63) is 53.6 Å². The van der Waals surface area contributed by atoms with Crippen molar-refractivity contribution in [3.63, 3.8) is 0 Å². The van der Waals surface area contributed by atoms with Crippen molar-refractivity contribution in [2.75, 3.05) is 40.4 Å². The Kier molecular flexibility index (Phi) is 5.90. The number of nitrogens with zero attached hydrogens (tertiary/aromatic N) is 2. The van der Waals surface area contributed by atoms with Gasteiger partial charge in [0.05, 0.1) is 19.1 Å². The van der Waals surface area contributed by atoms with E-state index in [1.54, 1.807) is 47.4 Å². The maximum atomic E-state index is 12.8. The second-order valence-electron chi connectivity index (χ2n) is 6.58. The Balaban J connectivity index is 1.69. The fraction of sp³-hybridized carbons (Fsp3) is 0.350. The molecule has 8 heteroatoms. The van der Waals surface area contributed by atoms with Crippen LogP contribution < -0.4 is 9.47 Å². The molecule has 3 rings (SSSR count). The molecule has 1 aliphatic heterocycles. The fourth-order valence-electron chi connectivity index (χ4n) is 3.14. The van der Waals surface area contributed by atoms with Crippen molar-refractivity contribution in [2.45, 2.75) is 11.8 Å². The smallest absolute Gasteiger partial charge is 0.254 e. The first-order chi connectivity index (χ1) is 13.4. The quantitative estimate of drug-likeness (QED) is 0.763. The van der Waals surface area contributed by atoms with E-state index in [2.05, 4.69) is 0 Å². The third kappa shape index (κ3) is 3.98. The molecule has 0 atom stereocenters. The zero-order valence-corrected chi connectivity index (χ0v) is 17.0. The zero-order chi connectivity index (χ0) is 20.3. The minimum absolute atomic E-state index is 0.159. The summed E-state index contributed by atoms with van der Waals surface area (Å²) in [5.41, 5.74) is 1.48. The van der Waals surface area contributed by atoms with Crippen LogP contribution in [-0.4, -0.2) is 63.9 Å². The molecule has 0 radical (unpaired) electrons. The number of ether oxygens (including phenoxy) is 2. The number of aryl methyl sites for hydroxylation is 1. The van der Waals surface area contributed by atoms with Crippen LogP contribution in [-0.2, 0) is 10.0 Å². The van der Waals surface area contributed by atoms with Crippen LogP contribution in [0.4, 0.5) is 0 Å². The van der Waals surface area contributed by atoms with Crippen molar-refractivity contribution >= 4 is 15.9 Å². The Morgan fingerprint density at radius 2 is 1.50 bits per heavy atom. The molecule has 0 aromatic heterocycles. The van der Waals surface area contributed by atoms with E-state index >= 15 is 0 Å². The second-order valence-corrected chi connectivity index (χ2v) is 8.52. The normalized spacial score (nSPS) is 15.3. The van der Waals surface area contributed by atoms with Crippen LogP contribution in [0, 0.1) is 6.92 Å². The third-order valence-electron chi connectivity index (χ3n) is 4.82. The van der Waals surface area contributed by atoms with E-state index in [0.717, 1.165) is 5.56 Å². The summed E-state index contributed by atoms with van der Waals surface area (Å²) < 4.78 is 37.5. The molecule has 28 heavy (non-hydrogen) atoms. The van der Waals surface area contributed by atoms with Gasteiger partial charge in [0.2, 0.25) is 10.0 Å². The van der Waals surface area contributed by atoms with Crippen LogP contribution in [0.25, 0.3) is 0 Å². The van der Waals surface area contributed by atoms with Gasteiger partial charge in [0.1, 0.15) is 0 Å². The Bertz CT molecular complexity index is 949. The molecule has 150 valence electrons. The average molecular weight is 404 g/mol. The van der Waals surface area contributed by atoms with Gasteiger partial charge in [-0.15, -0.1) is 0 Å². The molecule has 1 fully saturated rings. The van der Waals surface area contributed by atoms with Gasteiger partial charge in [-0.25, -0.2) is 8.42 Å². The molecule has 0 unspecified atom stereocenters. The van der Waals surface area contributed by atoms with Gasteiger partial charge in [-0.05, 0) is 37.3 Å². The van der Waals surface area contributed by atoms with Gasteiger partial charge in [0.15, 0.2) is 11.5 Å². The number of rotatable bonds is 5. The average Bonchev–Trinajstić information content (AvgIpc) is 2.73. The topological polar surface area (TPSA) is 76.2 Å². The standard InChI is InChI=1S/C20H24N2O5S/c1-15-4-7-17(8-5-15)28(24,25)22-12-10-21(11-13-22)20(23)16-6-9-18(26-2)19(14-16)27-3/h4-9,14H,10-13H2,1-3H3. The van der Waals surface area contributed by atoms with E-state index in [-0.39, 0.29) is 23.9 Å². The molecule has 0 N–H and O–H groups in total. The molecular formula is C20H24N2O5S. The lowest BCUT2D eigenvalue weighted by Gasteiger charge is -2.34. The van der Waals surface area contributed by atoms with Gasteiger partial charge in [-0.3, -0.25) is 4.79 Å². The van der Waals surface area contributed by atoms with Gasteiger partial charge < -0.3 is 14.4 Å². The number of methoxy groups -OCH3 is 2. The van der Waals surface area contributed by atoms with E-state index in [1.165, 1.54) is 18.5 Å². The van der Waals surface area contributed by atoms with E-state index in [9.17, 15) is 13.2 Å². The van der Waals surface area contributed by atoms with Crippen LogP contribution in [0.3, 0.4) is 0 Å². The summed E-state index contributed by atoms with van der Waals surface area (Å²) >= 11 is 0. The lowest BCUT2D eigenvalue weighted by atomic mass is 10.1. The molecule has 0 aliphatic carbocycles. The highest BCUT2D eigenvalue weighted by molar-refractivity contribution is 7.89. The van der Waals surface area contributed by atoms with E-state index < -0.39 is 10.0 Å². The third-order valence-corrected chi connectivity index (χ3v) is 6.73. The van der Waals surface area contributed by atoms with Gasteiger partial charge >= 0.3 is 0 Å². The van der Waals surface area contributed by atoms with Crippen LogP contribution in [0.1, 0.15) is 15.9 Å². The molecular weight excluding hydrogens is 380 g/mol. The highest BCUT2D eigenvalue weighted by Gasteiger charge is 2.30. The minimum Gasteiger partial charge on any atom is -0.493 e. The lowest BCUT2D eigenvalue weighted by molar-refractivity contribution is 0.0697. The van der Waals surface area contributed by atoms with Crippen molar-refractivity contribution in [3.8, 4) is 11.5 Å². The highest BCUT2D eigenvalue weighted by Crippen LogP contribution is 2.28. The van der Waals surface area contributed by atoms with Crippen LogP contribution >= 0.6 is 0 Å². The molecule has 0 saturated carbocycles. The molecule has 1 amide bonds. The SMILES string of the molecule is COc1ccc(C(=O)N2CCN(S(=O)(=O)c3ccc(C)cc3)CC2)cc1OC. The molecule has 0 spiro atoms. The van der Waals surface area contributed by atoms with Gasteiger partial charge in [0.25, 0.3) is 5.91 Å². The Morgan fingerprint density at radius 1 is 0.893 bits per heavy atom. The fourth-order valence-corrected chi connectivity index (χ4v) is 4.56. The summed E-state index contributed by atoms with van der Waals surface area (Å²) in [5, 5.41) is 0. The first kappa shape index (κ1) is 20.2. The van der Waals surface area contributed by atoms with Gasteiger partial charge in [0, 0.05) is 31.7 Å². The summed E-state index contributed by atoms with van der Waals surface area (Å²) in [4.78, 5) is 14.7. The highest BCUT2D eigenvalue weighted by atomic mass is 32.2. The Labute approximate surface area is 165 Å². The summed E-state index contributed by atoms with van der Waals surface area (Å²) in [5.74, 6) is 0.871. The van der Waals surface area contributed by atoms with Gasteiger partial charge in [-0.1, -0.05) is 17.7 Å². The molecule has 1 heterocycles. The minimum atomic E-state index is -3.55. The number of amides is 1. The summed E-state index contributed by atoms with van der Waals surface area (Å²) in [6, 6.07) is 11.8. The number of sulfonamides is 1. The van der Waals surface area contributed by atoms with Crippen LogP contribution in [0.2, 0.25) is 0 Å². The number of hydrogen-bond donors (Lipinski definition) is 0. The predicted octanol–water partition coefficient (Wildman–Crippen LogP) is 2.16. The van der Waals surface area contributed by atoms with Gasteiger partial charge in [-0.2, -0.15) is 4.31 Å². The zero-order valence-electron chi connectivity index (χ0n) is 16.2. The summed E-state index contributed by atoms with van der Waals surface area (Å²) in [6.07, 6.45) is 0. The monoisotopic (exact) mass is 404 g/mol. The number of piperazine rings is 1. The van der Waals surface area contributed by atoms with Crippen molar-refractivity contribution in [1.82, 2.24) is 9.21 Å². The van der Waals surface area contributed by atoms with Crippen LogP contribution in [0.5, 0.6) is 11.5 Å². The number of benzene rings is 2. The van der Waals surface area contributed by atoms with Crippen molar-refractivity contribution < 1.29 is 22.7 Å². The molecule has 2 aromatic carbocycles. The van der Waals surface area contributed by atoms with Crippen LogP contribution in [0.15, 0.2) is 47.4 Å². The number of hydrogen-bond acceptors (Lipinski definition) is 5. The van der Waals surface area contributed by atoms with E-state index in [0.29, 0.717) is 30.2 Å². The largest absolute Gasteiger partial charge is 0.493 e. The lowest BCUT2D eigenvalue weighted by Crippen LogP contribution is -2.50. The summed E-state index contributed by atoms with van der Waals surface area (Å²) in [6.45, 7) is 3.09. The molecule has 7 nitrogen and oxygen atoms in total. The first-order valence-corrected chi connectivity index (χ1v) is 10.4. The molecule has 2 aromatic rings. The van der Waals surface area contributed by atoms with E-state index in [1.807, 2.05) is 6.92 Å². The van der Waals surface area contributed by atoms with E-state index in [4.69, 9.17) is 9.47 Å².